The fourth-order valence-electron chi connectivity index (χ4n) is 2.18. The zero-order valence-electron chi connectivity index (χ0n) is 17.4. The maximum atomic E-state index is 9.31. The lowest BCUT2D eigenvalue weighted by Gasteiger charge is -2.16. The lowest BCUT2D eigenvalue weighted by molar-refractivity contribution is -0.0709. The summed E-state index contributed by atoms with van der Waals surface area (Å²) in [5, 5.41) is 9.31. The van der Waals surface area contributed by atoms with Crippen LogP contribution in [0.4, 0.5) is 0 Å². The van der Waals surface area contributed by atoms with Crippen molar-refractivity contribution < 1.29 is 47.7 Å². The Labute approximate surface area is 173 Å². The number of aliphatic hydroxyl groups is 1. The lowest BCUT2D eigenvalue weighted by Crippen LogP contribution is -2.27. The third-order valence-corrected chi connectivity index (χ3v) is 3.69. The maximum absolute atomic E-state index is 9.31. The molecule has 0 amide bonds. The molecule has 0 aliphatic carbocycles. The first kappa shape index (κ1) is 26.6. The Kier molecular flexibility index (Phi) is 20.5. The van der Waals surface area contributed by atoms with Crippen molar-refractivity contribution in [3.05, 3.63) is 0 Å². The summed E-state index contributed by atoms with van der Waals surface area (Å²) in [6, 6.07) is 0. The van der Waals surface area contributed by atoms with E-state index in [4.69, 9.17) is 42.6 Å². The van der Waals surface area contributed by atoms with E-state index in [0.29, 0.717) is 112 Å². The Morgan fingerprint density at radius 3 is 1.00 bits per heavy atom. The molecule has 174 valence electrons. The van der Waals surface area contributed by atoms with Gasteiger partial charge in [0.15, 0.2) is 0 Å². The highest BCUT2D eigenvalue weighted by atomic mass is 16.6. The van der Waals surface area contributed by atoms with Crippen LogP contribution >= 0.6 is 0 Å². The second-order valence-corrected chi connectivity index (χ2v) is 6.04. The fraction of sp³-hybridized carbons (Fsp3) is 1.00. The molecule has 1 unspecified atom stereocenters. The Bertz CT molecular complexity index is 293. The topological polar surface area (TPSA) is 103 Å². The summed E-state index contributed by atoms with van der Waals surface area (Å²) in [6.07, 6.45) is -0.373. The minimum absolute atomic E-state index is 0.106. The molecule has 1 aliphatic rings. The summed E-state index contributed by atoms with van der Waals surface area (Å²) in [7, 11) is 0. The molecule has 0 aromatic rings. The van der Waals surface area contributed by atoms with Crippen LogP contribution in [0.25, 0.3) is 0 Å². The van der Waals surface area contributed by atoms with E-state index in [1.165, 1.54) is 0 Å². The zero-order chi connectivity index (χ0) is 20.7. The Hall–Kier alpha value is -0.400. The van der Waals surface area contributed by atoms with Crippen molar-refractivity contribution in [1.82, 2.24) is 0 Å². The van der Waals surface area contributed by atoms with E-state index in [1.54, 1.807) is 0 Å². The Balaban J connectivity index is 2.11. The first-order chi connectivity index (χ1) is 14.4. The van der Waals surface area contributed by atoms with E-state index in [9.17, 15) is 5.11 Å². The van der Waals surface area contributed by atoms with Gasteiger partial charge in [-0.05, 0) is 0 Å². The lowest BCUT2D eigenvalue weighted by atomic mass is 10.4. The number of ether oxygens (including phenoxy) is 9. The number of hydrogen-bond acceptors (Lipinski definition) is 10. The van der Waals surface area contributed by atoms with E-state index < -0.39 is 0 Å². The first-order valence-corrected chi connectivity index (χ1v) is 10.3. The van der Waals surface area contributed by atoms with Gasteiger partial charge in [-0.3, -0.25) is 0 Å². The van der Waals surface area contributed by atoms with Gasteiger partial charge in [-0.15, -0.1) is 0 Å². The Morgan fingerprint density at radius 1 is 0.414 bits per heavy atom. The maximum Gasteiger partial charge on any atom is 0.104 e. The van der Waals surface area contributed by atoms with Crippen molar-refractivity contribution in [2.45, 2.75) is 6.10 Å². The molecular formula is C19H38O10. The SMILES string of the molecule is OCC1COCCOCCOCCOCCOCCOCCOCCOCCO1. The molecular weight excluding hydrogens is 388 g/mol. The molecule has 1 heterocycles. The van der Waals surface area contributed by atoms with Gasteiger partial charge >= 0.3 is 0 Å². The molecule has 1 rings (SSSR count). The quantitative estimate of drug-likeness (QED) is 0.591. The summed E-state index contributed by atoms with van der Waals surface area (Å²) in [4.78, 5) is 0. The molecule has 29 heavy (non-hydrogen) atoms. The van der Waals surface area contributed by atoms with Crippen molar-refractivity contribution in [3.63, 3.8) is 0 Å². The summed E-state index contributed by atoms with van der Waals surface area (Å²) >= 11 is 0. The molecule has 0 aromatic carbocycles. The van der Waals surface area contributed by atoms with Crippen molar-refractivity contribution in [1.29, 1.82) is 0 Å². The second kappa shape index (κ2) is 22.3. The highest BCUT2D eigenvalue weighted by Gasteiger charge is 2.07. The predicted octanol–water partition coefficient (Wildman–Crippen LogP) is -0.490. The van der Waals surface area contributed by atoms with Crippen molar-refractivity contribution in [3.8, 4) is 0 Å². The largest absolute Gasteiger partial charge is 0.394 e. The molecule has 0 aromatic heterocycles. The smallest absolute Gasteiger partial charge is 0.104 e. The van der Waals surface area contributed by atoms with Gasteiger partial charge in [0.1, 0.15) is 6.10 Å². The van der Waals surface area contributed by atoms with E-state index in [2.05, 4.69) is 0 Å². The van der Waals surface area contributed by atoms with E-state index in [0.717, 1.165) is 0 Å². The highest BCUT2D eigenvalue weighted by molar-refractivity contribution is 4.54. The number of hydrogen-bond donors (Lipinski definition) is 1. The van der Waals surface area contributed by atoms with Crippen LogP contribution in [0.2, 0.25) is 0 Å². The molecule has 1 N–H and O–H groups in total. The van der Waals surface area contributed by atoms with Crippen molar-refractivity contribution >= 4 is 0 Å². The van der Waals surface area contributed by atoms with Crippen LogP contribution in [-0.2, 0) is 42.6 Å². The summed E-state index contributed by atoms with van der Waals surface area (Å²) in [6.45, 7) is 8.05. The summed E-state index contributed by atoms with van der Waals surface area (Å²) in [5.74, 6) is 0. The van der Waals surface area contributed by atoms with Crippen LogP contribution in [0.15, 0.2) is 0 Å². The second-order valence-electron chi connectivity index (χ2n) is 6.04. The normalized spacial score (nSPS) is 25.8. The molecule has 0 spiro atoms. The van der Waals surface area contributed by atoms with Gasteiger partial charge in [-0.25, -0.2) is 0 Å². The van der Waals surface area contributed by atoms with E-state index in [-0.39, 0.29) is 12.7 Å². The van der Waals surface area contributed by atoms with Gasteiger partial charge in [-0.2, -0.15) is 0 Å². The average molecular weight is 427 g/mol. The van der Waals surface area contributed by atoms with Gasteiger partial charge in [0.25, 0.3) is 0 Å². The molecule has 0 radical (unpaired) electrons. The van der Waals surface area contributed by atoms with Gasteiger partial charge in [0.2, 0.25) is 0 Å². The average Bonchev–Trinajstić information content (AvgIpc) is 2.74. The fourth-order valence-corrected chi connectivity index (χ4v) is 2.18. The van der Waals surface area contributed by atoms with Crippen LogP contribution in [0.3, 0.4) is 0 Å². The molecule has 1 saturated heterocycles. The number of rotatable bonds is 1. The van der Waals surface area contributed by atoms with Crippen molar-refractivity contribution in [2.24, 2.45) is 0 Å². The van der Waals surface area contributed by atoms with Crippen LogP contribution in [-0.4, -0.2) is 130 Å². The predicted molar refractivity (Wildman–Crippen MR) is 103 cm³/mol. The van der Waals surface area contributed by atoms with Crippen molar-refractivity contribution in [2.75, 3.05) is 119 Å². The summed E-state index contributed by atoms with van der Waals surface area (Å²) in [5.41, 5.74) is 0. The molecule has 1 fully saturated rings. The monoisotopic (exact) mass is 426 g/mol. The van der Waals surface area contributed by atoms with Gasteiger partial charge < -0.3 is 47.7 Å². The number of aliphatic hydroxyl groups excluding tert-OH is 1. The van der Waals surface area contributed by atoms with E-state index in [1.807, 2.05) is 0 Å². The standard InChI is InChI=1S/C19H38O10/c20-17-19-18-28-14-13-26-10-9-24-6-5-22-2-1-21-3-4-23-7-8-25-11-12-27-15-16-29-19/h19-20H,1-18H2. The van der Waals surface area contributed by atoms with Gasteiger partial charge in [0, 0.05) is 0 Å². The van der Waals surface area contributed by atoms with Crippen LogP contribution in [0.5, 0.6) is 0 Å². The molecule has 0 saturated carbocycles. The Morgan fingerprint density at radius 2 is 0.690 bits per heavy atom. The summed E-state index contributed by atoms with van der Waals surface area (Å²) < 4.78 is 48.9. The van der Waals surface area contributed by atoms with Crippen LogP contribution in [0, 0.1) is 0 Å². The minimum Gasteiger partial charge on any atom is -0.394 e. The molecule has 1 atom stereocenters. The van der Waals surface area contributed by atoms with Crippen LogP contribution < -0.4 is 0 Å². The van der Waals surface area contributed by atoms with E-state index >= 15 is 0 Å². The van der Waals surface area contributed by atoms with Gasteiger partial charge in [-0.1, -0.05) is 0 Å². The minimum atomic E-state index is -0.373. The molecule has 1 aliphatic heterocycles. The third-order valence-electron chi connectivity index (χ3n) is 3.69. The first-order valence-electron chi connectivity index (χ1n) is 10.3. The zero-order valence-corrected chi connectivity index (χ0v) is 17.4. The molecule has 10 nitrogen and oxygen atoms in total. The molecule has 10 heteroatoms. The molecule has 0 bridgehead atoms. The van der Waals surface area contributed by atoms with Gasteiger partial charge in [0.05, 0.1) is 119 Å². The van der Waals surface area contributed by atoms with Crippen LogP contribution in [0.1, 0.15) is 0 Å². The third kappa shape index (κ3) is 19.3. The highest BCUT2D eigenvalue weighted by Crippen LogP contribution is 1.94.